The van der Waals surface area contributed by atoms with Crippen LogP contribution in [0.4, 0.5) is 0 Å². The van der Waals surface area contributed by atoms with Gasteiger partial charge in [-0.25, -0.2) is 13.1 Å². The molecule has 2 aromatic heterocycles. The van der Waals surface area contributed by atoms with Gasteiger partial charge in [0, 0.05) is 17.5 Å². The number of halogens is 1. The van der Waals surface area contributed by atoms with Crippen LogP contribution in [0.3, 0.4) is 0 Å². The van der Waals surface area contributed by atoms with Crippen molar-refractivity contribution in [1.82, 2.24) is 4.72 Å². The number of hydrogen-bond donors (Lipinski definition) is 2. The van der Waals surface area contributed by atoms with Gasteiger partial charge in [-0.15, -0.1) is 11.3 Å². The predicted molar refractivity (Wildman–Crippen MR) is 74.7 cm³/mol. The third kappa shape index (κ3) is 3.37. The van der Waals surface area contributed by atoms with Crippen molar-refractivity contribution in [3.05, 3.63) is 38.9 Å². The average molecular weight is 321 g/mol. The summed E-state index contributed by atoms with van der Waals surface area (Å²) in [6, 6.07) is 4.95. The maximum Gasteiger partial charge on any atom is 0.244 e. The summed E-state index contributed by atoms with van der Waals surface area (Å²) in [5.41, 5.74) is 5.42. The molecule has 0 fully saturated rings. The SMILES string of the molecule is Cc1oc(CN)cc1S(=O)(=O)NCc1ccc(Cl)s1. The molecule has 0 unspecified atom stereocenters. The van der Waals surface area contributed by atoms with Crippen molar-refractivity contribution in [2.75, 3.05) is 0 Å². The molecule has 0 saturated heterocycles. The van der Waals surface area contributed by atoms with Crippen molar-refractivity contribution in [2.45, 2.75) is 24.9 Å². The van der Waals surface area contributed by atoms with E-state index in [4.69, 9.17) is 21.8 Å². The third-order valence-electron chi connectivity index (χ3n) is 2.48. The highest BCUT2D eigenvalue weighted by atomic mass is 35.5. The Labute approximate surface area is 120 Å². The van der Waals surface area contributed by atoms with Gasteiger partial charge in [0.25, 0.3) is 0 Å². The van der Waals surface area contributed by atoms with E-state index in [9.17, 15) is 8.42 Å². The van der Waals surface area contributed by atoms with Crippen molar-refractivity contribution in [1.29, 1.82) is 0 Å². The average Bonchev–Trinajstić information content (AvgIpc) is 2.93. The fourth-order valence-corrected chi connectivity index (χ4v) is 3.91. The number of sulfonamides is 1. The molecule has 0 aliphatic heterocycles. The second-order valence-electron chi connectivity index (χ2n) is 3.87. The Kier molecular flexibility index (Phi) is 4.32. The summed E-state index contributed by atoms with van der Waals surface area (Å²) in [5.74, 6) is 0.772. The number of rotatable bonds is 5. The Morgan fingerprint density at radius 1 is 1.47 bits per heavy atom. The molecule has 0 saturated carbocycles. The van der Waals surface area contributed by atoms with Gasteiger partial charge < -0.3 is 10.2 Å². The van der Waals surface area contributed by atoms with E-state index in [1.165, 1.54) is 17.4 Å². The summed E-state index contributed by atoms with van der Waals surface area (Å²) in [6.07, 6.45) is 0. The topological polar surface area (TPSA) is 85.3 Å². The van der Waals surface area contributed by atoms with Crippen LogP contribution >= 0.6 is 22.9 Å². The molecular weight excluding hydrogens is 308 g/mol. The summed E-state index contributed by atoms with van der Waals surface area (Å²) in [7, 11) is -3.60. The lowest BCUT2D eigenvalue weighted by molar-refractivity contribution is 0.478. The molecule has 8 heteroatoms. The van der Waals surface area contributed by atoms with Crippen molar-refractivity contribution in [3.63, 3.8) is 0 Å². The van der Waals surface area contributed by atoms with Gasteiger partial charge in [0.05, 0.1) is 10.9 Å². The first kappa shape index (κ1) is 14.5. The fourth-order valence-electron chi connectivity index (χ4n) is 1.58. The first-order valence-corrected chi connectivity index (χ1v) is 8.13. The van der Waals surface area contributed by atoms with Crippen LogP contribution in [0, 0.1) is 6.92 Å². The Morgan fingerprint density at radius 3 is 2.74 bits per heavy atom. The zero-order valence-electron chi connectivity index (χ0n) is 10.1. The van der Waals surface area contributed by atoms with Crippen LogP contribution in [0.1, 0.15) is 16.4 Å². The predicted octanol–water partition coefficient (Wildman–Crippen LogP) is 2.24. The second kappa shape index (κ2) is 5.64. The van der Waals surface area contributed by atoms with Gasteiger partial charge in [-0.1, -0.05) is 11.6 Å². The lowest BCUT2D eigenvalue weighted by Crippen LogP contribution is -2.23. The Hall–Kier alpha value is -0.860. The summed E-state index contributed by atoms with van der Waals surface area (Å²) >= 11 is 7.12. The van der Waals surface area contributed by atoms with Crippen LogP contribution in [0.5, 0.6) is 0 Å². The van der Waals surface area contributed by atoms with E-state index in [0.717, 1.165) is 4.88 Å². The van der Waals surface area contributed by atoms with Crippen LogP contribution in [0.2, 0.25) is 4.34 Å². The number of nitrogens with two attached hydrogens (primary N) is 1. The van der Waals surface area contributed by atoms with Gasteiger partial charge in [-0.2, -0.15) is 0 Å². The highest BCUT2D eigenvalue weighted by Crippen LogP contribution is 2.23. The maximum atomic E-state index is 12.1. The molecule has 0 radical (unpaired) electrons. The van der Waals surface area contributed by atoms with Crippen molar-refractivity contribution < 1.29 is 12.8 Å². The number of nitrogens with one attached hydrogen (secondary N) is 1. The smallest absolute Gasteiger partial charge is 0.244 e. The molecule has 19 heavy (non-hydrogen) atoms. The summed E-state index contributed by atoms with van der Waals surface area (Å²) < 4.78 is 32.6. The number of furan rings is 1. The molecule has 0 aromatic carbocycles. The molecule has 0 aliphatic carbocycles. The Bertz CT molecular complexity index is 676. The van der Waals surface area contributed by atoms with Gasteiger partial charge in [0.15, 0.2) is 0 Å². The van der Waals surface area contributed by atoms with E-state index in [1.54, 1.807) is 19.1 Å². The first-order chi connectivity index (χ1) is 8.92. The quantitative estimate of drug-likeness (QED) is 0.884. The van der Waals surface area contributed by atoms with Crippen LogP contribution in [0.15, 0.2) is 27.5 Å². The Morgan fingerprint density at radius 2 is 2.21 bits per heavy atom. The van der Waals surface area contributed by atoms with Gasteiger partial charge >= 0.3 is 0 Å². The summed E-state index contributed by atoms with van der Waals surface area (Å²) in [5, 5.41) is 0. The lowest BCUT2D eigenvalue weighted by atomic mass is 10.4. The Balaban J connectivity index is 2.15. The van der Waals surface area contributed by atoms with E-state index in [2.05, 4.69) is 4.72 Å². The summed E-state index contributed by atoms with van der Waals surface area (Å²) in [4.78, 5) is 0.962. The molecule has 0 aliphatic rings. The van der Waals surface area contributed by atoms with Gasteiger partial charge in [-0.3, -0.25) is 0 Å². The maximum absolute atomic E-state index is 12.1. The van der Waals surface area contributed by atoms with Gasteiger partial charge in [0.2, 0.25) is 10.0 Å². The standard InChI is InChI=1S/C11H13ClN2O3S2/c1-7-10(4-8(5-13)17-7)19(15,16)14-6-9-2-3-11(12)18-9/h2-4,14H,5-6,13H2,1H3. The molecule has 104 valence electrons. The fraction of sp³-hybridized carbons (Fsp3) is 0.273. The zero-order chi connectivity index (χ0) is 14.0. The molecule has 0 atom stereocenters. The lowest BCUT2D eigenvalue weighted by Gasteiger charge is -2.03. The van der Waals surface area contributed by atoms with Crippen molar-refractivity contribution in [3.8, 4) is 0 Å². The second-order valence-corrected chi connectivity index (χ2v) is 7.40. The van der Waals surface area contributed by atoms with E-state index in [0.29, 0.717) is 15.9 Å². The normalized spacial score (nSPS) is 11.9. The molecule has 0 bridgehead atoms. The van der Waals surface area contributed by atoms with Crippen LogP contribution < -0.4 is 10.5 Å². The molecule has 0 spiro atoms. The minimum Gasteiger partial charge on any atom is -0.464 e. The zero-order valence-corrected chi connectivity index (χ0v) is 12.5. The molecule has 5 nitrogen and oxygen atoms in total. The first-order valence-electron chi connectivity index (χ1n) is 5.45. The molecular formula is C11H13ClN2O3S2. The van der Waals surface area contributed by atoms with Crippen LogP contribution in [-0.4, -0.2) is 8.42 Å². The third-order valence-corrected chi connectivity index (χ3v) is 5.22. The van der Waals surface area contributed by atoms with Gasteiger partial charge in [0.1, 0.15) is 16.4 Å². The van der Waals surface area contributed by atoms with Crippen LogP contribution in [0.25, 0.3) is 0 Å². The van der Waals surface area contributed by atoms with E-state index in [-0.39, 0.29) is 18.0 Å². The van der Waals surface area contributed by atoms with Crippen molar-refractivity contribution >= 4 is 33.0 Å². The molecule has 0 amide bonds. The van der Waals surface area contributed by atoms with E-state index in [1.807, 2.05) is 0 Å². The minimum absolute atomic E-state index is 0.121. The van der Waals surface area contributed by atoms with E-state index < -0.39 is 10.0 Å². The highest BCUT2D eigenvalue weighted by molar-refractivity contribution is 7.89. The van der Waals surface area contributed by atoms with Gasteiger partial charge in [-0.05, 0) is 19.1 Å². The largest absolute Gasteiger partial charge is 0.464 e. The van der Waals surface area contributed by atoms with E-state index >= 15 is 0 Å². The summed E-state index contributed by atoms with van der Waals surface area (Å²) in [6.45, 7) is 1.95. The number of thiophene rings is 1. The molecule has 2 aromatic rings. The van der Waals surface area contributed by atoms with Crippen LogP contribution in [-0.2, 0) is 23.1 Å². The monoisotopic (exact) mass is 320 g/mol. The minimum atomic E-state index is -3.60. The molecule has 3 N–H and O–H groups in total. The molecule has 2 heterocycles. The number of aryl methyl sites for hydroxylation is 1. The van der Waals surface area contributed by atoms with Crippen molar-refractivity contribution in [2.24, 2.45) is 5.73 Å². The number of hydrogen-bond acceptors (Lipinski definition) is 5. The highest BCUT2D eigenvalue weighted by Gasteiger charge is 2.21. The molecule has 2 rings (SSSR count).